The van der Waals surface area contributed by atoms with Gasteiger partial charge in [-0.05, 0) is 66.2 Å². The van der Waals surface area contributed by atoms with Gasteiger partial charge in [-0.3, -0.25) is 9.59 Å². The van der Waals surface area contributed by atoms with E-state index in [4.69, 9.17) is 13.6 Å². The smallest absolute Gasteiger partial charge is 0.291 e. The number of rotatable bonds is 8. The lowest BCUT2D eigenvalue weighted by molar-refractivity contribution is 0.0949. The van der Waals surface area contributed by atoms with Crippen LogP contribution in [0.4, 0.5) is 5.69 Å². The third kappa shape index (κ3) is 5.44. The lowest BCUT2D eigenvalue weighted by atomic mass is 10.1. The summed E-state index contributed by atoms with van der Waals surface area (Å²) in [5, 5.41) is 7.80. The van der Waals surface area contributed by atoms with Gasteiger partial charge in [0.05, 0.1) is 6.54 Å². The van der Waals surface area contributed by atoms with Gasteiger partial charge in [0.15, 0.2) is 5.76 Å². The molecule has 0 atom stereocenters. The van der Waals surface area contributed by atoms with Crippen molar-refractivity contribution in [3.8, 4) is 11.5 Å². The molecule has 0 spiro atoms. The molecule has 0 fully saturated rings. The molecule has 37 heavy (non-hydrogen) atoms. The maximum Gasteiger partial charge on any atom is 0.291 e. The number of ether oxygens (including phenoxy) is 1. The van der Waals surface area contributed by atoms with Gasteiger partial charge in [-0.15, -0.1) is 0 Å². The molecule has 3 aromatic carbocycles. The Balaban J connectivity index is 1.21. The van der Waals surface area contributed by atoms with E-state index >= 15 is 0 Å². The maximum atomic E-state index is 12.7. The number of hydrogen-bond acceptors (Lipinski definition) is 6. The Labute approximate surface area is 213 Å². The third-order valence-corrected chi connectivity index (χ3v) is 5.88. The molecular formula is C29H25N3O5. The van der Waals surface area contributed by atoms with Crippen LogP contribution in [0.25, 0.3) is 22.2 Å². The highest BCUT2D eigenvalue weighted by Gasteiger charge is 2.15. The van der Waals surface area contributed by atoms with Crippen LogP contribution in [0.1, 0.15) is 38.1 Å². The van der Waals surface area contributed by atoms with Crippen molar-refractivity contribution in [2.45, 2.75) is 20.1 Å². The molecule has 0 saturated carbocycles. The van der Waals surface area contributed by atoms with Crippen molar-refractivity contribution >= 4 is 28.3 Å². The quantitative estimate of drug-likeness (QED) is 0.285. The molecule has 2 N–H and O–H groups in total. The molecule has 0 unspecified atom stereocenters. The average molecular weight is 496 g/mol. The second-order valence-electron chi connectivity index (χ2n) is 8.50. The molecule has 186 valence electrons. The van der Waals surface area contributed by atoms with Gasteiger partial charge in [0, 0.05) is 23.9 Å². The molecule has 2 amide bonds. The molecule has 0 saturated heterocycles. The van der Waals surface area contributed by atoms with Gasteiger partial charge in [0.25, 0.3) is 11.8 Å². The maximum absolute atomic E-state index is 12.7. The number of hydrogen-bond donors (Lipinski definition) is 2. The zero-order chi connectivity index (χ0) is 25.8. The fourth-order valence-corrected chi connectivity index (χ4v) is 3.92. The minimum Gasteiger partial charge on any atom is -0.453 e. The summed E-state index contributed by atoms with van der Waals surface area (Å²) in [7, 11) is 1.56. The fraction of sp³-hybridized carbons (Fsp3) is 0.138. The van der Waals surface area contributed by atoms with Gasteiger partial charge in [0.2, 0.25) is 5.89 Å². The van der Waals surface area contributed by atoms with Gasteiger partial charge >= 0.3 is 0 Å². The van der Waals surface area contributed by atoms with E-state index in [0.29, 0.717) is 41.0 Å². The Kier molecular flexibility index (Phi) is 6.83. The van der Waals surface area contributed by atoms with Crippen molar-refractivity contribution in [3.63, 3.8) is 0 Å². The van der Waals surface area contributed by atoms with Gasteiger partial charge in [-0.1, -0.05) is 30.3 Å². The highest BCUT2D eigenvalue weighted by molar-refractivity contribution is 6.02. The number of benzene rings is 3. The van der Waals surface area contributed by atoms with E-state index in [2.05, 4.69) is 15.6 Å². The van der Waals surface area contributed by atoms with E-state index < -0.39 is 0 Å². The van der Waals surface area contributed by atoms with Gasteiger partial charge in [-0.2, -0.15) is 0 Å². The molecule has 8 heteroatoms. The largest absolute Gasteiger partial charge is 0.453 e. The van der Waals surface area contributed by atoms with E-state index in [0.717, 1.165) is 16.3 Å². The van der Waals surface area contributed by atoms with Crippen LogP contribution in [-0.4, -0.2) is 23.9 Å². The third-order valence-electron chi connectivity index (χ3n) is 5.88. The summed E-state index contributed by atoms with van der Waals surface area (Å²) in [4.78, 5) is 29.7. The van der Waals surface area contributed by atoms with E-state index in [9.17, 15) is 9.59 Å². The Morgan fingerprint density at radius 2 is 1.68 bits per heavy atom. The number of nitrogens with zero attached hydrogens (tertiary/aromatic N) is 1. The Bertz CT molecular complexity index is 1570. The lowest BCUT2D eigenvalue weighted by Crippen LogP contribution is -2.23. The molecule has 0 bridgehead atoms. The van der Waals surface area contributed by atoms with Crippen molar-refractivity contribution in [3.05, 3.63) is 107 Å². The summed E-state index contributed by atoms with van der Waals surface area (Å²) < 4.78 is 16.3. The van der Waals surface area contributed by atoms with Crippen LogP contribution < -0.4 is 10.6 Å². The first-order valence-electron chi connectivity index (χ1n) is 11.7. The van der Waals surface area contributed by atoms with Crippen molar-refractivity contribution in [2.24, 2.45) is 0 Å². The number of aryl methyl sites for hydroxylation is 1. The molecule has 5 rings (SSSR count). The molecule has 2 heterocycles. The number of methoxy groups -OCH3 is 1. The zero-order valence-electron chi connectivity index (χ0n) is 20.4. The SMILES string of the molecule is COCc1ccc(C(=O)Nc2ccc(-c3nc(CNC(=O)c4ccc5ccccc5c4)c(C)o3)cc2)o1. The Morgan fingerprint density at radius 3 is 2.46 bits per heavy atom. The number of anilines is 1. The fourth-order valence-electron chi connectivity index (χ4n) is 3.92. The van der Waals surface area contributed by atoms with E-state index in [1.165, 1.54) is 0 Å². The summed E-state index contributed by atoms with van der Waals surface area (Å²) in [5.74, 6) is 1.30. The van der Waals surface area contributed by atoms with Crippen LogP contribution in [0.3, 0.4) is 0 Å². The molecule has 8 nitrogen and oxygen atoms in total. The minimum absolute atomic E-state index is 0.180. The number of aromatic nitrogens is 1. The van der Waals surface area contributed by atoms with Crippen LogP contribution in [-0.2, 0) is 17.9 Å². The summed E-state index contributed by atoms with van der Waals surface area (Å²) in [6, 6.07) is 23.9. The van der Waals surface area contributed by atoms with Crippen LogP contribution in [0.15, 0.2) is 87.7 Å². The first-order valence-corrected chi connectivity index (χ1v) is 11.7. The average Bonchev–Trinajstić information content (AvgIpc) is 3.54. The Morgan fingerprint density at radius 1 is 0.892 bits per heavy atom. The standard InChI is InChI=1S/C29H25N3O5/c1-18-25(16-30-27(33)22-8-7-19-5-3-4-6-21(19)15-22)32-29(36-18)20-9-11-23(12-10-20)31-28(34)26-14-13-24(37-26)17-35-2/h3-15H,16-17H2,1-2H3,(H,30,33)(H,31,34). The van der Waals surface area contributed by atoms with E-state index in [1.54, 1.807) is 43.5 Å². The first kappa shape index (κ1) is 24.0. The van der Waals surface area contributed by atoms with Crippen LogP contribution >= 0.6 is 0 Å². The summed E-state index contributed by atoms with van der Waals surface area (Å²) >= 11 is 0. The van der Waals surface area contributed by atoms with Crippen molar-refractivity contribution < 1.29 is 23.2 Å². The molecule has 0 radical (unpaired) electrons. The number of amides is 2. The minimum atomic E-state index is -0.355. The van der Waals surface area contributed by atoms with Gasteiger partial charge in [0.1, 0.15) is 23.8 Å². The topological polar surface area (TPSA) is 107 Å². The number of carbonyl (C=O) groups is 2. The lowest BCUT2D eigenvalue weighted by Gasteiger charge is -2.05. The van der Waals surface area contributed by atoms with Crippen LogP contribution in [0.2, 0.25) is 0 Å². The molecule has 5 aromatic rings. The highest BCUT2D eigenvalue weighted by Crippen LogP contribution is 2.24. The van der Waals surface area contributed by atoms with Crippen molar-refractivity contribution in [1.82, 2.24) is 10.3 Å². The molecule has 0 aliphatic carbocycles. The summed E-state index contributed by atoms with van der Waals surface area (Å²) in [6.45, 7) is 2.35. The number of fused-ring (bicyclic) bond motifs is 1. The monoisotopic (exact) mass is 495 g/mol. The number of carbonyl (C=O) groups excluding carboxylic acids is 2. The second-order valence-corrected chi connectivity index (χ2v) is 8.50. The Hall–Kier alpha value is -4.69. The van der Waals surface area contributed by atoms with Crippen molar-refractivity contribution in [2.75, 3.05) is 12.4 Å². The van der Waals surface area contributed by atoms with Crippen molar-refractivity contribution in [1.29, 1.82) is 0 Å². The molecule has 0 aliphatic heterocycles. The molecular weight excluding hydrogens is 470 g/mol. The summed E-state index contributed by atoms with van der Waals surface area (Å²) in [5.41, 5.74) is 2.58. The number of nitrogens with one attached hydrogen (secondary N) is 2. The van der Waals surface area contributed by atoms with Crippen LogP contribution in [0, 0.1) is 6.92 Å². The zero-order valence-corrected chi connectivity index (χ0v) is 20.4. The van der Waals surface area contributed by atoms with Gasteiger partial charge < -0.3 is 24.2 Å². The number of oxazole rings is 1. The van der Waals surface area contributed by atoms with Crippen LogP contribution in [0.5, 0.6) is 0 Å². The molecule has 2 aromatic heterocycles. The van der Waals surface area contributed by atoms with E-state index in [-0.39, 0.29) is 24.1 Å². The first-order chi connectivity index (χ1) is 18.0. The predicted molar refractivity (Wildman–Crippen MR) is 139 cm³/mol. The highest BCUT2D eigenvalue weighted by atomic mass is 16.5. The summed E-state index contributed by atoms with van der Waals surface area (Å²) in [6.07, 6.45) is 0. The normalized spacial score (nSPS) is 11.0. The second kappa shape index (κ2) is 10.5. The molecule has 0 aliphatic rings. The predicted octanol–water partition coefficient (Wildman–Crippen LogP) is 5.72. The number of furan rings is 1. The van der Waals surface area contributed by atoms with Gasteiger partial charge in [-0.25, -0.2) is 4.98 Å². The van der Waals surface area contributed by atoms with E-state index in [1.807, 2.05) is 49.4 Å².